The minimum absolute atomic E-state index is 0.0130. The van der Waals surface area contributed by atoms with Gasteiger partial charge in [0.1, 0.15) is 30.0 Å². The first kappa shape index (κ1) is 21.2. The lowest BCUT2D eigenvalue weighted by molar-refractivity contribution is 0.0881. The fraction of sp³-hybridized carbons (Fsp3) is 0.217. The van der Waals surface area contributed by atoms with E-state index in [1.54, 1.807) is 36.7 Å². The Morgan fingerprint density at radius 2 is 1.84 bits per heavy atom. The maximum Gasteiger partial charge on any atom is 0.287 e. The van der Waals surface area contributed by atoms with Gasteiger partial charge in [0.05, 0.1) is 0 Å². The number of carbonyl (C=O) groups excluding carboxylic acids is 1. The van der Waals surface area contributed by atoms with Crippen molar-refractivity contribution in [3.05, 3.63) is 84.2 Å². The molecule has 3 aromatic heterocycles. The lowest BCUT2D eigenvalue weighted by atomic mass is 10.0. The molecular weight excluding hydrogens is 415 g/mol. The first-order valence-electron chi connectivity index (χ1n) is 10.0. The summed E-state index contributed by atoms with van der Waals surface area (Å²) < 4.78 is 29.5. The van der Waals surface area contributed by atoms with E-state index in [1.807, 2.05) is 13.8 Å². The van der Waals surface area contributed by atoms with Gasteiger partial charge in [-0.25, -0.2) is 4.39 Å². The maximum atomic E-state index is 13.0. The monoisotopic (exact) mass is 436 g/mol. The number of amides is 1. The van der Waals surface area contributed by atoms with Gasteiger partial charge in [-0.15, -0.1) is 0 Å². The predicted octanol–water partition coefficient (Wildman–Crippen LogP) is 4.57. The van der Waals surface area contributed by atoms with E-state index < -0.39 is 11.9 Å². The van der Waals surface area contributed by atoms with Crippen molar-refractivity contribution in [2.45, 2.75) is 26.5 Å². The SMILES string of the molecule is CC(C)[C@H](NC(=O)c1ccc(COc2ccc(F)cc2)o1)c1nc(-c2ccncc2)no1. The van der Waals surface area contributed by atoms with Gasteiger partial charge in [-0.05, 0) is 54.4 Å². The molecule has 1 atom stereocenters. The van der Waals surface area contributed by atoms with Gasteiger partial charge in [0.25, 0.3) is 5.91 Å². The van der Waals surface area contributed by atoms with Crippen LogP contribution in [-0.4, -0.2) is 21.0 Å². The van der Waals surface area contributed by atoms with Crippen LogP contribution in [0.1, 0.15) is 42.1 Å². The molecule has 8 nitrogen and oxygen atoms in total. The number of benzene rings is 1. The first-order chi connectivity index (χ1) is 15.5. The molecule has 0 aliphatic rings. The molecule has 3 heterocycles. The summed E-state index contributed by atoms with van der Waals surface area (Å²) in [6.07, 6.45) is 3.28. The van der Waals surface area contributed by atoms with Crippen molar-refractivity contribution in [3.63, 3.8) is 0 Å². The number of hydrogen-bond acceptors (Lipinski definition) is 7. The van der Waals surface area contributed by atoms with E-state index >= 15 is 0 Å². The minimum Gasteiger partial charge on any atom is -0.486 e. The van der Waals surface area contributed by atoms with Gasteiger partial charge in [-0.1, -0.05) is 19.0 Å². The summed E-state index contributed by atoms with van der Waals surface area (Å²) >= 11 is 0. The molecule has 0 saturated heterocycles. The number of nitrogens with one attached hydrogen (secondary N) is 1. The number of furan rings is 1. The molecule has 0 aliphatic heterocycles. The van der Waals surface area contributed by atoms with E-state index in [0.717, 1.165) is 5.56 Å². The van der Waals surface area contributed by atoms with E-state index in [9.17, 15) is 9.18 Å². The molecule has 164 valence electrons. The molecule has 4 aromatic rings. The predicted molar refractivity (Wildman–Crippen MR) is 112 cm³/mol. The molecule has 1 aromatic carbocycles. The number of halogens is 1. The largest absolute Gasteiger partial charge is 0.486 e. The van der Waals surface area contributed by atoms with E-state index in [-0.39, 0.29) is 24.1 Å². The second-order valence-corrected chi connectivity index (χ2v) is 7.40. The van der Waals surface area contributed by atoms with Crippen LogP contribution in [-0.2, 0) is 6.61 Å². The zero-order valence-electron chi connectivity index (χ0n) is 17.5. The maximum absolute atomic E-state index is 13.0. The Balaban J connectivity index is 1.41. The second kappa shape index (κ2) is 9.42. The summed E-state index contributed by atoms with van der Waals surface area (Å²) in [5.41, 5.74) is 0.765. The highest BCUT2D eigenvalue weighted by atomic mass is 19.1. The number of pyridine rings is 1. The normalized spacial score (nSPS) is 12.0. The highest BCUT2D eigenvalue weighted by Crippen LogP contribution is 2.24. The number of nitrogens with zero attached hydrogens (tertiary/aromatic N) is 3. The van der Waals surface area contributed by atoms with Crippen LogP contribution in [0.4, 0.5) is 4.39 Å². The number of aromatic nitrogens is 3. The Morgan fingerprint density at radius 3 is 2.56 bits per heavy atom. The van der Waals surface area contributed by atoms with Crippen LogP contribution in [0.5, 0.6) is 5.75 Å². The van der Waals surface area contributed by atoms with Gasteiger partial charge in [-0.2, -0.15) is 4.98 Å². The van der Waals surface area contributed by atoms with Crippen LogP contribution in [0.3, 0.4) is 0 Å². The summed E-state index contributed by atoms with van der Waals surface area (Å²) in [7, 11) is 0. The number of rotatable bonds is 8. The van der Waals surface area contributed by atoms with E-state index in [1.165, 1.54) is 24.3 Å². The molecule has 1 amide bonds. The zero-order valence-corrected chi connectivity index (χ0v) is 17.5. The van der Waals surface area contributed by atoms with Crippen LogP contribution in [0.15, 0.2) is 69.9 Å². The average molecular weight is 436 g/mol. The van der Waals surface area contributed by atoms with E-state index in [4.69, 9.17) is 13.7 Å². The standard InChI is InChI=1S/C23H21FN4O4/c1-14(2)20(23-27-21(28-32-23)15-9-11-25-12-10-15)26-22(29)19-8-7-18(31-19)13-30-17-5-3-16(24)4-6-17/h3-12,14,20H,13H2,1-2H3,(H,26,29)/t20-/m0/s1. The number of hydrogen-bond donors (Lipinski definition) is 1. The third-order valence-corrected chi connectivity index (χ3v) is 4.68. The van der Waals surface area contributed by atoms with Crippen LogP contribution in [0, 0.1) is 11.7 Å². The summed E-state index contributed by atoms with van der Waals surface area (Å²) in [6.45, 7) is 3.97. The molecule has 0 spiro atoms. The summed E-state index contributed by atoms with van der Waals surface area (Å²) in [5.74, 6) is 1.02. The molecule has 4 rings (SSSR count). The fourth-order valence-corrected chi connectivity index (χ4v) is 2.97. The molecule has 1 N–H and O–H groups in total. The molecule has 9 heteroatoms. The fourth-order valence-electron chi connectivity index (χ4n) is 2.97. The molecular formula is C23H21FN4O4. The minimum atomic E-state index is -0.505. The Morgan fingerprint density at radius 1 is 1.09 bits per heavy atom. The third kappa shape index (κ3) is 5.00. The summed E-state index contributed by atoms with van der Waals surface area (Å²) in [4.78, 5) is 21.1. The van der Waals surface area contributed by atoms with Crippen molar-refractivity contribution in [3.8, 4) is 17.1 Å². The van der Waals surface area contributed by atoms with Gasteiger partial charge in [0.15, 0.2) is 5.76 Å². The Labute approximate surface area is 183 Å². The van der Waals surface area contributed by atoms with Gasteiger partial charge in [-0.3, -0.25) is 9.78 Å². The van der Waals surface area contributed by atoms with E-state index in [0.29, 0.717) is 23.2 Å². The molecule has 0 radical (unpaired) electrons. The van der Waals surface area contributed by atoms with Gasteiger partial charge >= 0.3 is 0 Å². The lowest BCUT2D eigenvalue weighted by Crippen LogP contribution is -2.31. The van der Waals surface area contributed by atoms with Crippen molar-refractivity contribution >= 4 is 5.91 Å². The second-order valence-electron chi connectivity index (χ2n) is 7.40. The zero-order chi connectivity index (χ0) is 22.5. The molecule has 0 unspecified atom stereocenters. The van der Waals surface area contributed by atoms with Crippen LogP contribution in [0.2, 0.25) is 0 Å². The van der Waals surface area contributed by atoms with Gasteiger partial charge in [0.2, 0.25) is 11.7 Å². The number of carbonyl (C=O) groups is 1. The Hall–Kier alpha value is -4.01. The molecule has 0 bridgehead atoms. The van der Waals surface area contributed by atoms with Crippen molar-refractivity contribution in [1.29, 1.82) is 0 Å². The van der Waals surface area contributed by atoms with E-state index in [2.05, 4.69) is 20.4 Å². The highest BCUT2D eigenvalue weighted by molar-refractivity contribution is 5.91. The topological polar surface area (TPSA) is 103 Å². The molecule has 0 aliphatic carbocycles. The van der Waals surface area contributed by atoms with Gasteiger partial charge < -0.3 is 19.0 Å². The molecule has 32 heavy (non-hydrogen) atoms. The molecule has 0 saturated carbocycles. The number of ether oxygens (including phenoxy) is 1. The third-order valence-electron chi connectivity index (χ3n) is 4.68. The highest BCUT2D eigenvalue weighted by Gasteiger charge is 2.26. The van der Waals surface area contributed by atoms with Gasteiger partial charge in [0, 0.05) is 18.0 Å². The average Bonchev–Trinajstić information content (AvgIpc) is 3.47. The van der Waals surface area contributed by atoms with Crippen molar-refractivity contribution in [1.82, 2.24) is 20.4 Å². The van der Waals surface area contributed by atoms with Crippen LogP contribution >= 0.6 is 0 Å². The lowest BCUT2D eigenvalue weighted by Gasteiger charge is -2.17. The van der Waals surface area contributed by atoms with Crippen molar-refractivity contribution in [2.75, 3.05) is 0 Å². The van der Waals surface area contributed by atoms with Crippen LogP contribution in [0.25, 0.3) is 11.4 Å². The van der Waals surface area contributed by atoms with Crippen molar-refractivity contribution < 1.29 is 22.9 Å². The Bertz CT molecular complexity index is 1170. The first-order valence-corrected chi connectivity index (χ1v) is 10.0. The summed E-state index contributed by atoms with van der Waals surface area (Å²) in [5, 5.41) is 6.89. The van der Waals surface area contributed by atoms with Crippen LogP contribution < -0.4 is 10.1 Å². The Kier molecular flexibility index (Phi) is 6.25. The smallest absolute Gasteiger partial charge is 0.287 e. The van der Waals surface area contributed by atoms with Crippen molar-refractivity contribution in [2.24, 2.45) is 5.92 Å². The molecule has 0 fully saturated rings. The quantitative estimate of drug-likeness (QED) is 0.431. The summed E-state index contributed by atoms with van der Waals surface area (Å²) in [6, 6.07) is 11.9.